The molecule has 0 saturated heterocycles. The molecule has 0 heterocycles. The van der Waals surface area contributed by atoms with E-state index in [2.05, 4.69) is 5.32 Å². The first-order valence-electron chi connectivity index (χ1n) is 9.57. The molecule has 0 radical (unpaired) electrons. The number of rotatable bonds is 10. The second-order valence-corrected chi connectivity index (χ2v) is 8.55. The summed E-state index contributed by atoms with van der Waals surface area (Å²) in [5, 5.41) is 2.82. The van der Waals surface area contributed by atoms with Crippen LogP contribution < -0.4 is 14.2 Å². The molecule has 0 aromatic heterocycles. The molecule has 0 bridgehead atoms. The molecule has 2 rings (SSSR count). The minimum atomic E-state index is -4.26. The van der Waals surface area contributed by atoms with E-state index in [1.807, 2.05) is 13.8 Å². The number of amides is 2. The molecule has 2 aromatic carbocycles. The Kier molecular flexibility index (Phi) is 8.64. The van der Waals surface area contributed by atoms with E-state index < -0.39 is 15.9 Å². The van der Waals surface area contributed by atoms with Gasteiger partial charge in [0.25, 0.3) is 0 Å². The van der Waals surface area contributed by atoms with Crippen LogP contribution in [0.2, 0.25) is 0 Å². The fourth-order valence-electron chi connectivity index (χ4n) is 2.69. The lowest BCUT2D eigenvalue weighted by Gasteiger charge is -2.24. The molecule has 0 atom stereocenters. The van der Waals surface area contributed by atoms with Gasteiger partial charge in [0, 0.05) is 26.2 Å². The molecule has 0 aliphatic carbocycles. The Morgan fingerprint density at radius 1 is 1.16 bits per heavy atom. The summed E-state index contributed by atoms with van der Waals surface area (Å²) < 4.78 is 54.0. The summed E-state index contributed by atoms with van der Waals surface area (Å²) in [6, 6.07) is 9.28. The number of carbonyl (C=O) groups excluding carboxylic acids is 1. The zero-order valence-electron chi connectivity index (χ0n) is 17.9. The van der Waals surface area contributed by atoms with Gasteiger partial charge in [0.2, 0.25) is 0 Å². The van der Waals surface area contributed by atoms with Gasteiger partial charge >= 0.3 is 16.1 Å². The summed E-state index contributed by atoms with van der Waals surface area (Å²) >= 11 is 0. The second-order valence-electron chi connectivity index (χ2n) is 7.00. The van der Waals surface area contributed by atoms with Crippen molar-refractivity contribution in [3.05, 3.63) is 53.8 Å². The Hall–Kier alpha value is -2.85. The van der Waals surface area contributed by atoms with Crippen LogP contribution in [-0.2, 0) is 21.4 Å². The van der Waals surface area contributed by atoms with E-state index in [0.717, 1.165) is 6.07 Å². The molecule has 1 N–H and O–H groups in total. The van der Waals surface area contributed by atoms with Crippen molar-refractivity contribution in [2.45, 2.75) is 31.3 Å². The highest BCUT2D eigenvalue weighted by atomic mass is 32.2. The summed E-state index contributed by atoms with van der Waals surface area (Å²) in [5.74, 6) is -0.840. The number of urea groups is 1. The summed E-state index contributed by atoms with van der Waals surface area (Å²) in [6.45, 7) is 4.63. The zero-order chi connectivity index (χ0) is 23.0. The molecule has 2 amide bonds. The molecule has 10 heteroatoms. The van der Waals surface area contributed by atoms with Crippen molar-refractivity contribution >= 4 is 16.1 Å². The molecule has 31 heavy (non-hydrogen) atoms. The summed E-state index contributed by atoms with van der Waals surface area (Å²) in [6.07, 6.45) is 0. The van der Waals surface area contributed by atoms with Crippen LogP contribution in [0.4, 0.5) is 9.18 Å². The summed E-state index contributed by atoms with van der Waals surface area (Å²) in [7, 11) is -1.44. The van der Waals surface area contributed by atoms with Crippen LogP contribution in [0.5, 0.6) is 11.5 Å². The minimum absolute atomic E-state index is 0.0396. The summed E-state index contributed by atoms with van der Waals surface area (Å²) in [4.78, 5) is 13.6. The molecule has 0 aliphatic rings. The molecule has 0 saturated carbocycles. The Labute approximate surface area is 182 Å². The van der Waals surface area contributed by atoms with Gasteiger partial charge < -0.3 is 23.9 Å². The molecule has 2 aromatic rings. The van der Waals surface area contributed by atoms with Crippen LogP contribution in [0.3, 0.4) is 0 Å². The van der Waals surface area contributed by atoms with Gasteiger partial charge in [0.05, 0.1) is 13.7 Å². The third-order valence-electron chi connectivity index (χ3n) is 4.15. The first-order chi connectivity index (χ1) is 14.7. The van der Waals surface area contributed by atoms with E-state index in [-0.39, 0.29) is 35.0 Å². The molecule has 0 aliphatic heterocycles. The van der Waals surface area contributed by atoms with E-state index in [4.69, 9.17) is 13.7 Å². The van der Waals surface area contributed by atoms with Gasteiger partial charge in [-0.1, -0.05) is 12.1 Å². The predicted molar refractivity (Wildman–Crippen MR) is 113 cm³/mol. The first kappa shape index (κ1) is 24.4. The second kappa shape index (κ2) is 11.0. The lowest BCUT2D eigenvalue weighted by atomic mass is 10.2. The number of ether oxygens (including phenoxy) is 2. The van der Waals surface area contributed by atoms with Crippen molar-refractivity contribution < 1.29 is 31.3 Å². The molecule has 0 unspecified atom stereocenters. The Balaban J connectivity index is 2.19. The van der Waals surface area contributed by atoms with Gasteiger partial charge in [-0.3, -0.25) is 0 Å². The van der Waals surface area contributed by atoms with Crippen molar-refractivity contribution in [3.63, 3.8) is 0 Å². The van der Waals surface area contributed by atoms with Gasteiger partial charge in [-0.15, -0.1) is 0 Å². The number of methoxy groups -OCH3 is 2. The van der Waals surface area contributed by atoms with Gasteiger partial charge in [0.1, 0.15) is 10.6 Å². The standard InChI is InChI=1S/C21H27FN2O6S/c1-15(2)23-21(25)24(10-11-28-3)14-16-6-5-7-17(12-16)30-31(26,27)18-8-9-20(29-4)19(22)13-18/h5-9,12-13,15H,10-11,14H2,1-4H3,(H,23,25). The fourth-order valence-corrected chi connectivity index (χ4v) is 3.62. The molecule has 0 spiro atoms. The Morgan fingerprint density at radius 3 is 2.52 bits per heavy atom. The zero-order valence-corrected chi connectivity index (χ0v) is 18.7. The maximum Gasteiger partial charge on any atom is 0.339 e. The van der Waals surface area contributed by atoms with E-state index in [1.54, 1.807) is 24.1 Å². The third-order valence-corrected chi connectivity index (χ3v) is 5.40. The highest BCUT2D eigenvalue weighted by Crippen LogP contribution is 2.24. The van der Waals surface area contributed by atoms with E-state index >= 15 is 0 Å². The molecule has 8 nitrogen and oxygen atoms in total. The first-order valence-corrected chi connectivity index (χ1v) is 11.0. The third kappa shape index (κ3) is 7.11. The highest BCUT2D eigenvalue weighted by Gasteiger charge is 2.20. The van der Waals surface area contributed by atoms with Crippen molar-refractivity contribution in [1.82, 2.24) is 10.2 Å². The maximum absolute atomic E-state index is 13.9. The molecule has 0 fully saturated rings. The van der Waals surface area contributed by atoms with E-state index in [1.165, 1.54) is 31.4 Å². The SMILES string of the molecule is COCCN(Cc1cccc(OS(=O)(=O)c2ccc(OC)c(F)c2)c1)C(=O)NC(C)C. The van der Waals surface area contributed by atoms with Crippen LogP contribution in [0, 0.1) is 5.82 Å². The van der Waals surface area contributed by atoms with Crippen LogP contribution in [0.1, 0.15) is 19.4 Å². The topological polar surface area (TPSA) is 94.2 Å². The Morgan fingerprint density at radius 2 is 1.90 bits per heavy atom. The van der Waals surface area contributed by atoms with Crippen LogP contribution in [0.15, 0.2) is 47.4 Å². The minimum Gasteiger partial charge on any atom is -0.494 e. The smallest absolute Gasteiger partial charge is 0.339 e. The van der Waals surface area contributed by atoms with Crippen LogP contribution in [-0.4, -0.2) is 52.8 Å². The number of nitrogens with zero attached hydrogens (tertiary/aromatic N) is 1. The average Bonchev–Trinajstić information content (AvgIpc) is 2.70. The summed E-state index contributed by atoms with van der Waals surface area (Å²) in [5.41, 5.74) is 0.656. The van der Waals surface area contributed by atoms with E-state index in [0.29, 0.717) is 18.7 Å². The number of carbonyl (C=O) groups is 1. The Bertz CT molecular complexity index is 997. The van der Waals surface area contributed by atoms with Crippen LogP contribution >= 0.6 is 0 Å². The lowest BCUT2D eigenvalue weighted by molar-refractivity contribution is 0.145. The number of nitrogens with one attached hydrogen (secondary N) is 1. The largest absolute Gasteiger partial charge is 0.494 e. The fraction of sp³-hybridized carbons (Fsp3) is 0.381. The normalized spacial score (nSPS) is 11.3. The molecular formula is C21H27FN2O6S. The maximum atomic E-state index is 13.9. The lowest BCUT2D eigenvalue weighted by Crippen LogP contribution is -2.43. The van der Waals surface area contributed by atoms with Gasteiger partial charge in [-0.05, 0) is 49.7 Å². The van der Waals surface area contributed by atoms with E-state index in [9.17, 15) is 17.6 Å². The van der Waals surface area contributed by atoms with Crippen LogP contribution in [0.25, 0.3) is 0 Å². The van der Waals surface area contributed by atoms with Crippen molar-refractivity contribution in [2.75, 3.05) is 27.4 Å². The van der Waals surface area contributed by atoms with Gasteiger partial charge in [-0.2, -0.15) is 8.42 Å². The van der Waals surface area contributed by atoms with Crippen molar-refractivity contribution in [2.24, 2.45) is 0 Å². The average molecular weight is 455 g/mol. The highest BCUT2D eigenvalue weighted by molar-refractivity contribution is 7.87. The van der Waals surface area contributed by atoms with Crippen molar-refractivity contribution in [3.8, 4) is 11.5 Å². The molecular weight excluding hydrogens is 427 g/mol. The number of hydrogen-bond donors (Lipinski definition) is 1. The molecule has 170 valence electrons. The predicted octanol–water partition coefficient (Wildman–Crippen LogP) is 3.17. The van der Waals surface area contributed by atoms with Gasteiger partial charge in [-0.25, -0.2) is 9.18 Å². The van der Waals surface area contributed by atoms with Crippen molar-refractivity contribution in [1.29, 1.82) is 0 Å². The monoisotopic (exact) mass is 454 g/mol. The quantitative estimate of drug-likeness (QED) is 0.554. The van der Waals surface area contributed by atoms with Gasteiger partial charge in [0.15, 0.2) is 11.6 Å². The number of hydrogen-bond acceptors (Lipinski definition) is 6. The number of benzene rings is 2. The number of halogens is 1.